The Morgan fingerprint density at radius 3 is 2.48 bits per heavy atom. The van der Waals surface area contributed by atoms with Crippen LogP contribution in [0.4, 0.5) is 5.69 Å². The Morgan fingerprint density at radius 2 is 1.76 bits per heavy atom. The summed E-state index contributed by atoms with van der Waals surface area (Å²) < 4.78 is 0. The normalized spacial score (nSPS) is 20.7. The number of rotatable bonds is 4. The number of nitrogens with one attached hydrogen (secondary N) is 1. The molecule has 1 N–H and O–H groups in total. The first-order valence-electron chi connectivity index (χ1n) is 8.29. The van der Waals surface area contributed by atoms with Gasteiger partial charge in [0, 0.05) is 45.8 Å². The minimum Gasteiger partial charge on any atom is -0.370 e. The second-order valence-electron chi connectivity index (χ2n) is 6.18. The Morgan fingerprint density at radius 1 is 1.00 bits per heavy atom. The van der Waals surface area contributed by atoms with Crippen LogP contribution in [0.2, 0.25) is 5.02 Å². The van der Waals surface area contributed by atoms with Crippen LogP contribution in [0.15, 0.2) is 18.2 Å². The monoisotopic (exact) mass is 307 g/mol. The van der Waals surface area contributed by atoms with Gasteiger partial charge in [0.2, 0.25) is 0 Å². The number of piperidine rings is 1. The number of anilines is 1. The third kappa shape index (κ3) is 4.12. The molecule has 1 aromatic carbocycles. The Labute approximate surface area is 133 Å². The molecule has 3 rings (SSSR count). The van der Waals surface area contributed by atoms with Gasteiger partial charge < -0.3 is 15.1 Å². The number of halogens is 1. The summed E-state index contributed by atoms with van der Waals surface area (Å²) in [6.07, 6.45) is 5.04. The fourth-order valence-corrected chi connectivity index (χ4v) is 3.64. The lowest BCUT2D eigenvalue weighted by atomic mass is 10.1. The van der Waals surface area contributed by atoms with Gasteiger partial charge in [-0.25, -0.2) is 0 Å². The molecule has 2 aliphatic heterocycles. The van der Waals surface area contributed by atoms with Gasteiger partial charge in [-0.3, -0.25) is 0 Å². The predicted octanol–water partition coefficient (Wildman–Crippen LogP) is 2.78. The molecular weight excluding hydrogens is 282 g/mol. The van der Waals surface area contributed by atoms with E-state index in [1.54, 1.807) is 0 Å². The summed E-state index contributed by atoms with van der Waals surface area (Å²) in [5.41, 5.74) is 2.58. The van der Waals surface area contributed by atoms with Crippen LogP contribution in [0, 0.1) is 0 Å². The van der Waals surface area contributed by atoms with Gasteiger partial charge in [0.25, 0.3) is 0 Å². The predicted molar refractivity (Wildman–Crippen MR) is 90.5 cm³/mol. The summed E-state index contributed by atoms with van der Waals surface area (Å²) >= 11 is 6.52. The van der Waals surface area contributed by atoms with Gasteiger partial charge in [0.05, 0.1) is 10.7 Å². The fraction of sp³-hybridized carbons (Fsp3) is 0.647. The van der Waals surface area contributed by atoms with Crippen molar-refractivity contribution in [2.24, 2.45) is 0 Å². The molecule has 2 heterocycles. The van der Waals surface area contributed by atoms with E-state index in [2.05, 4.69) is 33.3 Å². The molecule has 0 bridgehead atoms. The SMILES string of the molecule is Clc1cc(CCN2CCNCC2)ccc1N1CCCCC1. The molecule has 0 spiro atoms. The molecule has 21 heavy (non-hydrogen) atoms. The Bertz CT molecular complexity index is 451. The Balaban J connectivity index is 1.58. The second kappa shape index (κ2) is 7.48. The van der Waals surface area contributed by atoms with Gasteiger partial charge in [-0.1, -0.05) is 17.7 Å². The smallest absolute Gasteiger partial charge is 0.0642 e. The van der Waals surface area contributed by atoms with Crippen LogP contribution in [0.1, 0.15) is 24.8 Å². The molecule has 0 amide bonds. The minimum absolute atomic E-state index is 0.926. The molecule has 0 aliphatic carbocycles. The molecule has 0 aromatic heterocycles. The first kappa shape index (κ1) is 15.1. The zero-order valence-electron chi connectivity index (χ0n) is 12.8. The van der Waals surface area contributed by atoms with E-state index < -0.39 is 0 Å². The van der Waals surface area contributed by atoms with Gasteiger partial charge in [-0.15, -0.1) is 0 Å². The number of benzene rings is 1. The lowest BCUT2D eigenvalue weighted by molar-refractivity contribution is 0.244. The maximum Gasteiger partial charge on any atom is 0.0642 e. The average Bonchev–Trinajstić information content (AvgIpc) is 2.55. The van der Waals surface area contributed by atoms with Crippen molar-refractivity contribution in [1.29, 1.82) is 0 Å². The number of nitrogens with zero attached hydrogens (tertiary/aromatic N) is 2. The Hall–Kier alpha value is -0.770. The van der Waals surface area contributed by atoms with E-state index in [0.29, 0.717) is 0 Å². The Kier molecular flexibility index (Phi) is 5.39. The van der Waals surface area contributed by atoms with Crippen molar-refractivity contribution in [1.82, 2.24) is 10.2 Å². The standard InChI is InChI=1S/C17H26ClN3/c18-16-14-15(6-11-20-12-7-19-8-13-20)4-5-17(16)21-9-2-1-3-10-21/h4-5,14,19H,1-3,6-13H2. The van der Waals surface area contributed by atoms with E-state index in [1.165, 1.54) is 43.6 Å². The van der Waals surface area contributed by atoms with Crippen LogP contribution in [0.3, 0.4) is 0 Å². The van der Waals surface area contributed by atoms with Crippen molar-refractivity contribution in [3.63, 3.8) is 0 Å². The summed E-state index contributed by atoms with van der Waals surface area (Å²) in [5.74, 6) is 0. The van der Waals surface area contributed by atoms with Crippen molar-refractivity contribution in [2.75, 3.05) is 50.7 Å². The molecule has 2 saturated heterocycles. The van der Waals surface area contributed by atoms with Crippen molar-refractivity contribution < 1.29 is 0 Å². The molecular formula is C17H26ClN3. The maximum atomic E-state index is 6.52. The molecule has 0 unspecified atom stereocenters. The van der Waals surface area contributed by atoms with E-state index in [9.17, 15) is 0 Å². The van der Waals surface area contributed by atoms with Gasteiger partial charge >= 0.3 is 0 Å². The summed E-state index contributed by atoms with van der Waals surface area (Å²) in [5, 5.41) is 4.32. The van der Waals surface area contributed by atoms with Gasteiger partial charge in [-0.2, -0.15) is 0 Å². The molecule has 3 nitrogen and oxygen atoms in total. The first-order chi connectivity index (χ1) is 10.3. The van der Waals surface area contributed by atoms with Crippen molar-refractivity contribution in [3.05, 3.63) is 28.8 Å². The molecule has 0 radical (unpaired) electrons. The molecule has 1 aromatic rings. The zero-order chi connectivity index (χ0) is 14.5. The van der Waals surface area contributed by atoms with Crippen LogP contribution in [-0.2, 0) is 6.42 Å². The number of hydrogen-bond donors (Lipinski definition) is 1. The highest BCUT2D eigenvalue weighted by Crippen LogP contribution is 2.29. The van der Waals surface area contributed by atoms with Gasteiger partial charge in [0.1, 0.15) is 0 Å². The summed E-state index contributed by atoms with van der Waals surface area (Å²) in [4.78, 5) is 4.97. The van der Waals surface area contributed by atoms with Crippen molar-refractivity contribution in [2.45, 2.75) is 25.7 Å². The van der Waals surface area contributed by atoms with E-state index in [4.69, 9.17) is 11.6 Å². The topological polar surface area (TPSA) is 18.5 Å². The van der Waals surface area contributed by atoms with E-state index >= 15 is 0 Å². The maximum absolute atomic E-state index is 6.52. The highest BCUT2D eigenvalue weighted by molar-refractivity contribution is 6.33. The summed E-state index contributed by atoms with van der Waals surface area (Å²) in [6, 6.07) is 6.66. The van der Waals surface area contributed by atoms with Crippen LogP contribution < -0.4 is 10.2 Å². The molecule has 2 fully saturated rings. The lowest BCUT2D eigenvalue weighted by Crippen LogP contribution is -2.44. The fourth-order valence-electron chi connectivity index (χ4n) is 3.32. The summed E-state index contributed by atoms with van der Waals surface area (Å²) in [7, 11) is 0. The first-order valence-corrected chi connectivity index (χ1v) is 8.67. The molecule has 4 heteroatoms. The minimum atomic E-state index is 0.926. The van der Waals surface area contributed by atoms with Crippen molar-refractivity contribution >= 4 is 17.3 Å². The molecule has 116 valence electrons. The van der Waals surface area contributed by atoms with Crippen LogP contribution in [0.5, 0.6) is 0 Å². The average molecular weight is 308 g/mol. The largest absolute Gasteiger partial charge is 0.370 e. The van der Waals surface area contributed by atoms with E-state index in [1.807, 2.05) is 0 Å². The summed E-state index contributed by atoms with van der Waals surface area (Å²) in [6.45, 7) is 8.02. The van der Waals surface area contributed by atoms with E-state index in [-0.39, 0.29) is 0 Å². The highest BCUT2D eigenvalue weighted by atomic mass is 35.5. The van der Waals surface area contributed by atoms with Crippen LogP contribution in [0.25, 0.3) is 0 Å². The molecule has 2 aliphatic rings. The van der Waals surface area contributed by atoms with Gasteiger partial charge in [-0.05, 0) is 43.4 Å². The van der Waals surface area contributed by atoms with Gasteiger partial charge in [0.15, 0.2) is 0 Å². The van der Waals surface area contributed by atoms with Crippen molar-refractivity contribution in [3.8, 4) is 0 Å². The number of piperazine rings is 1. The quantitative estimate of drug-likeness (QED) is 0.923. The third-order valence-corrected chi connectivity index (χ3v) is 4.94. The zero-order valence-corrected chi connectivity index (χ0v) is 13.5. The molecule has 0 atom stereocenters. The van der Waals surface area contributed by atoms with Crippen LogP contribution in [-0.4, -0.2) is 50.7 Å². The van der Waals surface area contributed by atoms with Crippen LogP contribution >= 0.6 is 11.6 Å². The molecule has 0 saturated carbocycles. The second-order valence-corrected chi connectivity index (χ2v) is 6.58. The number of hydrogen-bond acceptors (Lipinski definition) is 3. The third-order valence-electron chi connectivity index (χ3n) is 4.64. The highest BCUT2D eigenvalue weighted by Gasteiger charge is 2.14. The van der Waals surface area contributed by atoms with E-state index in [0.717, 1.165) is 44.2 Å². The lowest BCUT2D eigenvalue weighted by Gasteiger charge is -2.30.